The Bertz CT molecular complexity index is 813. The number of nitrogen functional groups attached to an aromatic ring is 1. The fraction of sp³-hybridized carbons (Fsp3) is 0.375. The molecule has 5 nitrogen and oxygen atoms in total. The van der Waals surface area contributed by atoms with Gasteiger partial charge in [0, 0.05) is 12.0 Å². The molecule has 0 amide bonds. The second kappa shape index (κ2) is 5.27. The van der Waals surface area contributed by atoms with Crippen LogP contribution in [0.1, 0.15) is 36.3 Å². The molecular formula is C16H17N3O2S. The zero-order valence-electron chi connectivity index (χ0n) is 12.5. The number of nitrogens with zero attached hydrogens (tertiary/aromatic N) is 2. The quantitative estimate of drug-likeness (QED) is 0.861. The predicted octanol–water partition coefficient (Wildman–Crippen LogP) is 3.16. The second-order valence-corrected chi connectivity index (χ2v) is 6.41. The maximum Gasteiger partial charge on any atom is 0.123 e. The van der Waals surface area contributed by atoms with Crippen molar-refractivity contribution in [3.63, 3.8) is 0 Å². The molecule has 0 spiro atoms. The molecule has 6 heteroatoms. The number of pyridine rings is 1. The Labute approximate surface area is 133 Å². The van der Waals surface area contributed by atoms with Crippen molar-refractivity contribution < 1.29 is 9.15 Å². The molecule has 0 fully saturated rings. The molecule has 0 unspecified atom stereocenters. The summed E-state index contributed by atoms with van der Waals surface area (Å²) in [7, 11) is 0. The molecule has 0 radical (unpaired) electrons. The molecule has 2 N–H and O–H groups in total. The lowest BCUT2D eigenvalue weighted by Gasteiger charge is -2.33. The van der Waals surface area contributed by atoms with Crippen LogP contribution in [0.5, 0.6) is 0 Å². The Hall–Kier alpha value is -2.10. The smallest absolute Gasteiger partial charge is 0.123 e. The van der Waals surface area contributed by atoms with Crippen LogP contribution in [0.4, 0.5) is 5.82 Å². The van der Waals surface area contributed by atoms with Crippen LogP contribution in [0.2, 0.25) is 0 Å². The van der Waals surface area contributed by atoms with E-state index in [1.54, 1.807) is 10.8 Å². The summed E-state index contributed by atoms with van der Waals surface area (Å²) in [5.74, 6) is 1.13. The fourth-order valence-electron chi connectivity index (χ4n) is 2.77. The van der Waals surface area contributed by atoms with Crippen molar-refractivity contribution in [2.75, 3.05) is 5.73 Å². The van der Waals surface area contributed by atoms with E-state index in [1.807, 2.05) is 26.0 Å². The SMILES string of the molecule is CC1(C)Cc2c(C#N)c(N)n(Cc3ccco3)c(=S)c2CO1. The predicted molar refractivity (Wildman–Crippen MR) is 84.8 cm³/mol. The molecule has 22 heavy (non-hydrogen) atoms. The third kappa shape index (κ3) is 2.43. The van der Waals surface area contributed by atoms with Gasteiger partial charge in [-0.25, -0.2) is 0 Å². The molecule has 0 saturated heterocycles. The highest BCUT2D eigenvalue weighted by atomic mass is 32.1. The van der Waals surface area contributed by atoms with Gasteiger partial charge in [0.2, 0.25) is 0 Å². The topological polar surface area (TPSA) is 77.1 Å². The number of fused-ring (bicyclic) bond motifs is 1. The monoisotopic (exact) mass is 315 g/mol. The number of nitrogens with two attached hydrogens (primary N) is 1. The van der Waals surface area contributed by atoms with E-state index in [0.717, 1.165) is 16.9 Å². The van der Waals surface area contributed by atoms with Gasteiger partial charge in [-0.2, -0.15) is 5.26 Å². The van der Waals surface area contributed by atoms with Crippen molar-refractivity contribution in [2.45, 2.75) is 39.0 Å². The second-order valence-electron chi connectivity index (χ2n) is 6.02. The van der Waals surface area contributed by atoms with E-state index in [4.69, 9.17) is 27.1 Å². The Balaban J connectivity index is 2.19. The third-order valence-electron chi connectivity index (χ3n) is 3.93. The van der Waals surface area contributed by atoms with Crippen molar-refractivity contribution >= 4 is 18.0 Å². The first kappa shape index (κ1) is 14.8. The first-order chi connectivity index (χ1) is 10.4. The summed E-state index contributed by atoms with van der Waals surface area (Å²) in [5.41, 5.74) is 8.18. The van der Waals surface area contributed by atoms with E-state index in [9.17, 15) is 5.26 Å². The molecule has 2 aromatic heterocycles. The molecule has 3 heterocycles. The maximum atomic E-state index is 9.54. The van der Waals surface area contributed by atoms with Crippen LogP contribution in [0.25, 0.3) is 0 Å². The lowest BCUT2D eigenvalue weighted by molar-refractivity contribution is -0.0406. The summed E-state index contributed by atoms with van der Waals surface area (Å²) < 4.78 is 13.6. The Kier molecular flexibility index (Phi) is 3.55. The number of rotatable bonds is 2. The van der Waals surface area contributed by atoms with E-state index in [0.29, 0.717) is 35.6 Å². The number of furan rings is 1. The molecule has 114 valence electrons. The van der Waals surface area contributed by atoms with Gasteiger partial charge in [0.1, 0.15) is 22.3 Å². The number of anilines is 1. The molecule has 1 aliphatic heterocycles. The van der Waals surface area contributed by atoms with Crippen molar-refractivity contribution in [3.05, 3.63) is 45.5 Å². The Morgan fingerprint density at radius 3 is 2.86 bits per heavy atom. The average Bonchev–Trinajstić information content (AvgIpc) is 2.96. The molecular weight excluding hydrogens is 298 g/mol. The van der Waals surface area contributed by atoms with Crippen molar-refractivity contribution in [1.29, 1.82) is 5.26 Å². The van der Waals surface area contributed by atoms with E-state index in [-0.39, 0.29) is 5.60 Å². The molecule has 0 aromatic carbocycles. The van der Waals surface area contributed by atoms with Crippen LogP contribution < -0.4 is 5.73 Å². The van der Waals surface area contributed by atoms with Crippen molar-refractivity contribution in [2.24, 2.45) is 0 Å². The largest absolute Gasteiger partial charge is 0.467 e. The Morgan fingerprint density at radius 1 is 1.45 bits per heavy atom. The number of aromatic nitrogens is 1. The van der Waals surface area contributed by atoms with E-state index in [2.05, 4.69) is 6.07 Å². The standard InChI is InChI=1S/C16H17N3O2S/c1-16(2)6-11-12(7-17)14(18)19(8-10-4-3-5-20-10)15(22)13(11)9-21-16/h3-5H,6,8-9,18H2,1-2H3. The minimum atomic E-state index is -0.319. The molecule has 0 atom stereocenters. The van der Waals surface area contributed by atoms with Crippen molar-refractivity contribution in [1.82, 2.24) is 4.57 Å². The summed E-state index contributed by atoms with van der Waals surface area (Å²) in [6, 6.07) is 5.89. The van der Waals surface area contributed by atoms with Crippen LogP contribution in [0.3, 0.4) is 0 Å². The summed E-state index contributed by atoms with van der Waals surface area (Å²) >= 11 is 5.57. The number of hydrogen-bond donors (Lipinski definition) is 1. The first-order valence-corrected chi connectivity index (χ1v) is 7.44. The lowest BCUT2D eigenvalue weighted by atomic mass is 9.89. The minimum Gasteiger partial charge on any atom is -0.467 e. The Morgan fingerprint density at radius 2 is 2.23 bits per heavy atom. The van der Waals surface area contributed by atoms with Gasteiger partial charge in [0.15, 0.2) is 0 Å². The van der Waals surface area contributed by atoms with Gasteiger partial charge in [-0.1, -0.05) is 12.2 Å². The van der Waals surface area contributed by atoms with Crippen LogP contribution in [-0.2, 0) is 24.3 Å². The highest BCUT2D eigenvalue weighted by molar-refractivity contribution is 7.71. The van der Waals surface area contributed by atoms with Gasteiger partial charge >= 0.3 is 0 Å². The van der Waals surface area contributed by atoms with E-state index < -0.39 is 0 Å². The maximum absolute atomic E-state index is 9.54. The molecule has 1 aliphatic rings. The first-order valence-electron chi connectivity index (χ1n) is 7.03. The summed E-state index contributed by atoms with van der Waals surface area (Å²) in [6.07, 6.45) is 2.23. The van der Waals surface area contributed by atoms with Crippen molar-refractivity contribution in [3.8, 4) is 6.07 Å². The van der Waals surface area contributed by atoms with Gasteiger partial charge in [-0.15, -0.1) is 0 Å². The number of ether oxygens (including phenoxy) is 1. The zero-order valence-corrected chi connectivity index (χ0v) is 13.4. The molecule has 3 rings (SSSR count). The van der Waals surface area contributed by atoms with Crippen LogP contribution in [-0.4, -0.2) is 10.2 Å². The number of nitriles is 1. The van der Waals surface area contributed by atoms with Crippen LogP contribution >= 0.6 is 12.2 Å². The van der Waals surface area contributed by atoms with E-state index >= 15 is 0 Å². The fourth-order valence-corrected chi connectivity index (χ4v) is 3.12. The van der Waals surface area contributed by atoms with Gasteiger partial charge in [0.05, 0.1) is 30.6 Å². The molecule has 2 aromatic rings. The summed E-state index contributed by atoms with van der Waals surface area (Å²) in [4.78, 5) is 0. The van der Waals surface area contributed by atoms with Gasteiger partial charge in [-0.05, 0) is 31.5 Å². The van der Waals surface area contributed by atoms with E-state index in [1.165, 1.54) is 0 Å². The molecule has 0 saturated carbocycles. The molecule has 0 bridgehead atoms. The summed E-state index contributed by atoms with van der Waals surface area (Å²) in [6.45, 7) is 4.80. The minimum absolute atomic E-state index is 0.319. The highest BCUT2D eigenvalue weighted by Crippen LogP contribution is 2.33. The zero-order chi connectivity index (χ0) is 15.9. The third-order valence-corrected chi connectivity index (χ3v) is 4.40. The molecule has 0 aliphatic carbocycles. The average molecular weight is 315 g/mol. The van der Waals surface area contributed by atoms with Gasteiger partial charge < -0.3 is 19.5 Å². The summed E-state index contributed by atoms with van der Waals surface area (Å²) in [5, 5.41) is 9.54. The van der Waals surface area contributed by atoms with Gasteiger partial charge in [-0.3, -0.25) is 0 Å². The lowest BCUT2D eigenvalue weighted by Crippen LogP contribution is -2.33. The van der Waals surface area contributed by atoms with Crippen LogP contribution in [0, 0.1) is 16.0 Å². The van der Waals surface area contributed by atoms with Gasteiger partial charge in [0.25, 0.3) is 0 Å². The number of hydrogen-bond acceptors (Lipinski definition) is 5. The highest BCUT2D eigenvalue weighted by Gasteiger charge is 2.31. The van der Waals surface area contributed by atoms with Crippen LogP contribution in [0.15, 0.2) is 22.8 Å². The normalized spacial score (nSPS) is 16.0.